The lowest BCUT2D eigenvalue weighted by molar-refractivity contribution is -0.152. The molecule has 10 nitrogen and oxygen atoms in total. The van der Waals surface area contributed by atoms with E-state index in [9.17, 15) is 14.4 Å². The molecule has 5 rings (SSSR count). The summed E-state index contributed by atoms with van der Waals surface area (Å²) in [5.41, 5.74) is 5.53. The minimum absolute atomic E-state index is 0.277. The number of esters is 1. The van der Waals surface area contributed by atoms with Crippen LogP contribution in [0, 0.1) is 0 Å². The SMILES string of the molecule is CCCCCCCCCCCCCCCCCC(=O)OCOC(=O)N(C(=O)c1ccc(-c2cc(C3=CCN=C3c3ccccn3)ccn2)cc1)C1CCOCC1. The van der Waals surface area contributed by atoms with Crippen molar-refractivity contribution in [1.29, 1.82) is 0 Å². The van der Waals surface area contributed by atoms with E-state index in [4.69, 9.17) is 14.2 Å². The van der Waals surface area contributed by atoms with Crippen molar-refractivity contribution in [1.82, 2.24) is 14.9 Å². The molecule has 1 saturated heterocycles. The van der Waals surface area contributed by atoms with Crippen molar-refractivity contribution in [2.75, 3.05) is 26.6 Å². The van der Waals surface area contributed by atoms with Crippen molar-refractivity contribution in [2.24, 2.45) is 4.99 Å². The summed E-state index contributed by atoms with van der Waals surface area (Å²) in [4.78, 5) is 54.4. The fourth-order valence-electron chi connectivity index (χ4n) is 7.33. The van der Waals surface area contributed by atoms with Gasteiger partial charge in [0.25, 0.3) is 5.91 Å². The standard InChI is InChI=1S/C46H60N4O6/c1-2-3-4-5-6-7-8-9-10-11-12-13-14-15-16-20-43(51)55-35-56-46(53)50(39-27-32-54-33-28-39)45(52)37-23-21-36(22-24-37)42-34-38(25-30-48-42)40-26-31-49-44(40)41-19-17-18-29-47-41/h17-19,21-26,29-30,34,39H,2-16,20,27-28,31-33,35H2,1H3. The first-order chi connectivity index (χ1) is 27.5. The van der Waals surface area contributed by atoms with Crippen molar-refractivity contribution in [3.05, 3.63) is 89.9 Å². The summed E-state index contributed by atoms with van der Waals surface area (Å²) in [6.45, 7) is 3.18. The number of imide groups is 1. The summed E-state index contributed by atoms with van der Waals surface area (Å²) >= 11 is 0. The van der Waals surface area contributed by atoms with Gasteiger partial charge in [-0.15, -0.1) is 0 Å². The maximum atomic E-state index is 13.8. The van der Waals surface area contributed by atoms with Gasteiger partial charge >= 0.3 is 12.1 Å². The zero-order valence-electron chi connectivity index (χ0n) is 33.3. The van der Waals surface area contributed by atoms with Gasteiger partial charge in [-0.1, -0.05) is 121 Å². The monoisotopic (exact) mass is 764 g/mol. The van der Waals surface area contributed by atoms with Crippen molar-refractivity contribution in [3.8, 4) is 11.3 Å². The zero-order valence-corrected chi connectivity index (χ0v) is 33.3. The smallest absolute Gasteiger partial charge is 0.419 e. The molecule has 2 amide bonds. The van der Waals surface area contributed by atoms with Crippen LogP contribution in [-0.4, -0.2) is 71.1 Å². The molecule has 2 aliphatic heterocycles. The third-order valence-corrected chi connectivity index (χ3v) is 10.6. The number of carbonyl (C=O) groups is 3. The molecule has 56 heavy (non-hydrogen) atoms. The molecule has 0 saturated carbocycles. The van der Waals surface area contributed by atoms with E-state index in [1.54, 1.807) is 24.5 Å². The molecule has 2 aliphatic rings. The molecule has 1 aromatic carbocycles. The lowest BCUT2D eigenvalue weighted by Gasteiger charge is -2.32. The minimum atomic E-state index is -0.838. The van der Waals surface area contributed by atoms with Gasteiger partial charge in [0.2, 0.25) is 6.79 Å². The summed E-state index contributed by atoms with van der Waals surface area (Å²) in [7, 11) is 0. The van der Waals surface area contributed by atoms with Crippen molar-refractivity contribution < 1.29 is 28.6 Å². The van der Waals surface area contributed by atoms with Crippen LogP contribution in [-0.2, 0) is 19.0 Å². The summed E-state index contributed by atoms with van der Waals surface area (Å²) in [6, 6.07) is 16.4. The number of hydrogen-bond acceptors (Lipinski definition) is 9. The topological polar surface area (TPSA) is 120 Å². The molecule has 300 valence electrons. The summed E-state index contributed by atoms with van der Waals surface area (Å²) in [5.74, 6) is -0.888. The Balaban J connectivity index is 1.04. The third-order valence-electron chi connectivity index (χ3n) is 10.6. The number of aromatic nitrogens is 2. The molecule has 10 heteroatoms. The number of carbonyl (C=O) groups excluding carboxylic acids is 3. The Morgan fingerprint density at radius 3 is 2.00 bits per heavy atom. The lowest BCUT2D eigenvalue weighted by Crippen LogP contribution is -2.47. The van der Waals surface area contributed by atoms with E-state index in [0.717, 1.165) is 58.0 Å². The zero-order chi connectivity index (χ0) is 39.2. The van der Waals surface area contributed by atoms with Crippen LogP contribution in [0.25, 0.3) is 16.8 Å². The fraction of sp³-hybridized carbons (Fsp3) is 0.522. The molecule has 0 spiro atoms. The van der Waals surface area contributed by atoms with Crippen LogP contribution >= 0.6 is 0 Å². The molecular weight excluding hydrogens is 705 g/mol. The minimum Gasteiger partial charge on any atom is -0.428 e. The Morgan fingerprint density at radius 2 is 1.36 bits per heavy atom. The number of ether oxygens (including phenoxy) is 3. The highest BCUT2D eigenvalue weighted by atomic mass is 16.7. The van der Waals surface area contributed by atoms with Gasteiger partial charge in [0, 0.05) is 54.8 Å². The molecule has 3 aromatic rings. The van der Waals surface area contributed by atoms with E-state index >= 15 is 0 Å². The second-order valence-corrected chi connectivity index (χ2v) is 14.8. The quantitative estimate of drug-likeness (QED) is 0.0532. The molecule has 0 aliphatic carbocycles. The third kappa shape index (κ3) is 13.5. The highest BCUT2D eigenvalue weighted by Crippen LogP contribution is 2.28. The average molecular weight is 765 g/mol. The molecule has 0 radical (unpaired) electrons. The van der Waals surface area contributed by atoms with Crippen LogP contribution < -0.4 is 0 Å². The van der Waals surface area contributed by atoms with Gasteiger partial charge < -0.3 is 14.2 Å². The second kappa shape index (κ2) is 24.0. The Bertz CT molecular complexity index is 1720. The molecule has 1 fully saturated rings. The van der Waals surface area contributed by atoms with Crippen LogP contribution in [0.5, 0.6) is 0 Å². The van der Waals surface area contributed by atoms with E-state index in [1.807, 2.05) is 42.5 Å². The number of aliphatic imine (C=N–C) groups is 1. The largest absolute Gasteiger partial charge is 0.428 e. The van der Waals surface area contributed by atoms with E-state index in [1.165, 1.54) is 77.0 Å². The first kappa shape index (κ1) is 42.4. The van der Waals surface area contributed by atoms with E-state index in [-0.39, 0.29) is 6.42 Å². The fourth-order valence-corrected chi connectivity index (χ4v) is 7.33. The van der Waals surface area contributed by atoms with Crippen LogP contribution in [0.1, 0.15) is 144 Å². The van der Waals surface area contributed by atoms with E-state index in [0.29, 0.717) is 38.2 Å². The summed E-state index contributed by atoms with van der Waals surface area (Å²) in [6.07, 6.45) is 24.8. The molecule has 2 aromatic heterocycles. The number of unbranched alkanes of at least 4 members (excludes halogenated alkanes) is 14. The Hall–Kier alpha value is -4.70. The van der Waals surface area contributed by atoms with Gasteiger partial charge in [-0.2, -0.15) is 0 Å². The number of allylic oxidation sites excluding steroid dienone is 1. The molecular formula is C46H60N4O6. The van der Waals surface area contributed by atoms with Gasteiger partial charge in [0.15, 0.2) is 0 Å². The van der Waals surface area contributed by atoms with Crippen LogP contribution in [0.4, 0.5) is 4.79 Å². The van der Waals surface area contributed by atoms with Gasteiger partial charge in [-0.3, -0.25) is 24.5 Å². The van der Waals surface area contributed by atoms with E-state index in [2.05, 4.69) is 28.0 Å². The van der Waals surface area contributed by atoms with Gasteiger partial charge in [-0.05, 0) is 61.2 Å². The maximum Gasteiger partial charge on any atom is 0.419 e. The number of nitrogens with zero attached hydrogens (tertiary/aromatic N) is 4. The Morgan fingerprint density at radius 1 is 0.714 bits per heavy atom. The van der Waals surface area contributed by atoms with Gasteiger partial charge in [-0.25, -0.2) is 9.69 Å². The number of benzene rings is 1. The van der Waals surface area contributed by atoms with Crippen molar-refractivity contribution >= 4 is 29.3 Å². The number of rotatable bonds is 23. The molecule has 0 bridgehead atoms. The maximum absolute atomic E-state index is 13.8. The summed E-state index contributed by atoms with van der Waals surface area (Å²) in [5, 5.41) is 0. The average Bonchev–Trinajstić information content (AvgIpc) is 3.74. The number of hydrogen-bond donors (Lipinski definition) is 0. The van der Waals surface area contributed by atoms with Gasteiger partial charge in [0.05, 0.1) is 23.6 Å². The van der Waals surface area contributed by atoms with Crippen molar-refractivity contribution in [2.45, 2.75) is 129 Å². The normalized spacial score (nSPS) is 14.2. The Kier molecular flexibility index (Phi) is 18.2. The number of amides is 2. The van der Waals surface area contributed by atoms with E-state index < -0.39 is 30.8 Å². The molecule has 4 heterocycles. The van der Waals surface area contributed by atoms with Gasteiger partial charge in [0.1, 0.15) is 0 Å². The predicted octanol–water partition coefficient (Wildman–Crippen LogP) is 10.5. The highest BCUT2D eigenvalue weighted by molar-refractivity contribution is 6.32. The highest BCUT2D eigenvalue weighted by Gasteiger charge is 2.33. The number of pyridine rings is 2. The van der Waals surface area contributed by atoms with Crippen LogP contribution in [0.3, 0.4) is 0 Å². The van der Waals surface area contributed by atoms with Crippen LogP contribution in [0.15, 0.2) is 78.1 Å². The summed E-state index contributed by atoms with van der Waals surface area (Å²) < 4.78 is 16.1. The first-order valence-electron chi connectivity index (χ1n) is 21.0. The Labute approximate surface area is 333 Å². The molecule has 0 unspecified atom stereocenters. The first-order valence-corrected chi connectivity index (χ1v) is 21.0. The van der Waals surface area contributed by atoms with Crippen LogP contribution in [0.2, 0.25) is 0 Å². The molecule has 0 N–H and O–H groups in total. The predicted molar refractivity (Wildman–Crippen MR) is 220 cm³/mol. The second-order valence-electron chi connectivity index (χ2n) is 14.8. The lowest BCUT2D eigenvalue weighted by atomic mass is 9.98. The molecule has 0 atom stereocenters. The van der Waals surface area contributed by atoms with Crippen molar-refractivity contribution in [3.63, 3.8) is 0 Å².